The number of alkyl halides is 1. The molecule has 2 aromatic rings. The summed E-state index contributed by atoms with van der Waals surface area (Å²) in [6, 6.07) is 3.62. The Morgan fingerprint density at radius 1 is 1.38 bits per heavy atom. The first-order valence-corrected chi connectivity index (χ1v) is 8.83. The van der Waals surface area contributed by atoms with E-state index in [1.54, 1.807) is 12.1 Å². The summed E-state index contributed by atoms with van der Waals surface area (Å²) in [5, 5.41) is 0. The van der Waals surface area contributed by atoms with E-state index in [-0.39, 0.29) is 5.82 Å². The van der Waals surface area contributed by atoms with Crippen LogP contribution < -0.4 is 0 Å². The lowest BCUT2D eigenvalue weighted by atomic mass is 10.1. The van der Waals surface area contributed by atoms with E-state index in [9.17, 15) is 4.39 Å². The van der Waals surface area contributed by atoms with Gasteiger partial charge in [-0.25, -0.2) is 9.37 Å². The van der Waals surface area contributed by atoms with Gasteiger partial charge in [-0.1, -0.05) is 26.2 Å². The number of fused-ring (bicyclic) bond motifs is 1. The summed E-state index contributed by atoms with van der Waals surface area (Å²) in [5.74, 6) is 1.22. The van der Waals surface area contributed by atoms with Gasteiger partial charge in [0, 0.05) is 24.4 Å². The van der Waals surface area contributed by atoms with E-state index in [1.807, 2.05) is 0 Å². The zero-order valence-corrected chi connectivity index (χ0v) is 14.8. The number of nitrogens with zero attached hydrogens (tertiary/aromatic N) is 2. The predicted octanol–water partition coefficient (Wildman–Crippen LogP) is 5.86. The number of halogens is 3. The van der Waals surface area contributed by atoms with Gasteiger partial charge >= 0.3 is 0 Å². The average Bonchev–Trinajstić information content (AvgIpc) is 2.77. The number of aromatic nitrogens is 2. The summed E-state index contributed by atoms with van der Waals surface area (Å²) >= 11 is 9.12. The number of hydrogen-bond donors (Lipinski definition) is 0. The molecule has 1 unspecified atom stereocenters. The highest BCUT2D eigenvalue weighted by molar-refractivity contribution is 9.10. The summed E-state index contributed by atoms with van der Waals surface area (Å²) in [5.41, 5.74) is 1.69. The molecule has 0 aliphatic carbocycles. The minimum atomic E-state index is -0.248. The molecule has 116 valence electrons. The van der Waals surface area contributed by atoms with Crippen molar-refractivity contribution >= 4 is 38.6 Å². The molecule has 0 saturated carbocycles. The van der Waals surface area contributed by atoms with Crippen molar-refractivity contribution < 1.29 is 4.39 Å². The maximum atomic E-state index is 13.9. The van der Waals surface area contributed by atoms with Crippen molar-refractivity contribution in [1.82, 2.24) is 9.55 Å². The minimum absolute atomic E-state index is 0.248. The first kappa shape index (κ1) is 16.8. The molecule has 1 aromatic carbocycles. The number of aryl methyl sites for hydroxylation is 1. The summed E-state index contributed by atoms with van der Waals surface area (Å²) in [6.07, 6.45) is 5.38. The monoisotopic (exact) mass is 374 g/mol. The Labute approximate surface area is 138 Å². The van der Waals surface area contributed by atoms with E-state index in [4.69, 9.17) is 11.6 Å². The number of rotatable bonds is 7. The van der Waals surface area contributed by atoms with Crippen molar-refractivity contribution in [2.24, 2.45) is 0 Å². The predicted molar refractivity (Wildman–Crippen MR) is 90.7 cm³/mol. The third kappa shape index (κ3) is 3.78. The van der Waals surface area contributed by atoms with Crippen LogP contribution in [0.25, 0.3) is 11.0 Å². The van der Waals surface area contributed by atoms with Gasteiger partial charge in [-0.3, -0.25) is 0 Å². The fourth-order valence-electron chi connectivity index (χ4n) is 2.71. The molecular weight excluding hydrogens is 355 g/mol. The van der Waals surface area contributed by atoms with E-state index in [1.165, 1.54) is 19.3 Å². The Morgan fingerprint density at radius 2 is 2.14 bits per heavy atom. The molecular formula is C16H21BrClFN2. The van der Waals surface area contributed by atoms with Crippen LogP contribution >= 0.6 is 27.5 Å². The first-order valence-electron chi connectivity index (χ1n) is 7.50. The van der Waals surface area contributed by atoms with E-state index in [0.717, 1.165) is 23.3 Å². The second kappa shape index (κ2) is 7.59. The molecule has 21 heavy (non-hydrogen) atoms. The van der Waals surface area contributed by atoms with Gasteiger partial charge in [-0.15, -0.1) is 11.6 Å². The lowest BCUT2D eigenvalue weighted by Gasteiger charge is -2.17. The molecule has 0 radical (unpaired) electrons. The maximum absolute atomic E-state index is 13.9. The molecule has 1 aromatic heterocycles. The minimum Gasteiger partial charge on any atom is -0.325 e. The summed E-state index contributed by atoms with van der Waals surface area (Å²) < 4.78 is 16.5. The van der Waals surface area contributed by atoms with Gasteiger partial charge in [-0.2, -0.15) is 0 Å². The van der Waals surface area contributed by atoms with Gasteiger partial charge in [0.05, 0.1) is 15.5 Å². The second-order valence-electron chi connectivity index (χ2n) is 5.44. The van der Waals surface area contributed by atoms with Crippen LogP contribution in [0.15, 0.2) is 16.6 Å². The Bertz CT molecular complexity index is 612. The molecule has 1 atom stereocenters. The molecule has 0 aliphatic rings. The third-order valence-electron chi connectivity index (χ3n) is 3.79. The van der Waals surface area contributed by atoms with Crippen LogP contribution in [0, 0.1) is 5.82 Å². The van der Waals surface area contributed by atoms with E-state index < -0.39 is 0 Å². The summed E-state index contributed by atoms with van der Waals surface area (Å²) in [7, 11) is 0. The van der Waals surface area contributed by atoms with Crippen molar-refractivity contribution in [3.63, 3.8) is 0 Å². The van der Waals surface area contributed by atoms with E-state index in [0.29, 0.717) is 22.8 Å². The maximum Gasteiger partial charge on any atom is 0.139 e. The Hall–Kier alpha value is -0.610. The normalized spacial score (nSPS) is 13.0. The van der Waals surface area contributed by atoms with Gasteiger partial charge in [0.1, 0.15) is 11.6 Å². The molecule has 5 heteroatoms. The molecule has 0 N–H and O–H groups in total. The quantitative estimate of drug-likeness (QED) is 0.438. The van der Waals surface area contributed by atoms with Crippen molar-refractivity contribution in [2.75, 3.05) is 5.88 Å². The lowest BCUT2D eigenvalue weighted by molar-refractivity contribution is 0.473. The average molecular weight is 376 g/mol. The molecule has 1 heterocycles. The third-order valence-corrected chi connectivity index (χ3v) is 4.59. The van der Waals surface area contributed by atoms with Crippen molar-refractivity contribution in [2.45, 2.75) is 52.0 Å². The van der Waals surface area contributed by atoms with Crippen LogP contribution in [0.2, 0.25) is 0 Å². The fourth-order valence-corrected chi connectivity index (χ4v) is 3.21. The summed E-state index contributed by atoms with van der Waals surface area (Å²) in [4.78, 5) is 4.64. The van der Waals surface area contributed by atoms with Crippen LogP contribution in [0.3, 0.4) is 0 Å². The Kier molecular flexibility index (Phi) is 6.06. The second-order valence-corrected chi connectivity index (χ2v) is 6.67. The van der Waals surface area contributed by atoms with Crippen LogP contribution in [0.4, 0.5) is 4.39 Å². The molecule has 0 aliphatic heterocycles. The van der Waals surface area contributed by atoms with Crippen molar-refractivity contribution in [3.8, 4) is 0 Å². The van der Waals surface area contributed by atoms with Gasteiger partial charge in [0.2, 0.25) is 0 Å². The number of benzene rings is 1. The lowest BCUT2D eigenvalue weighted by Crippen LogP contribution is -2.10. The molecule has 2 nitrogen and oxygen atoms in total. The van der Waals surface area contributed by atoms with E-state index >= 15 is 0 Å². The SMILES string of the molecule is CCCCCC(C)n1c(CCCl)nc2cc(Br)c(F)cc21. The Morgan fingerprint density at radius 3 is 2.81 bits per heavy atom. The van der Waals surface area contributed by atoms with Gasteiger partial charge < -0.3 is 4.57 Å². The van der Waals surface area contributed by atoms with Crippen molar-refractivity contribution in [1.29, 1.82) is 0 Å². The van der Waals surface area contributed by atoms with Crippen LogP contribution in [-0.4, -0.2) is 15.4 Å². The van der Waals surface area contributed by atoms with E-state index in [2.05, 4.69) is 39.3 Å². The van der Waals surface area contributed by atoms with Crippen LogP contribution in [0.1, 0.15) is 51.4 Å². The number of unbranched alkanes of at least 4 members (excludes halogenated alkanes) is 2. The van der Waals surface area contributed by atoms with Gasteiger partial charge in [0.25, 0.3) is 0 Å². The zero-order chi connectivity index (χ0) is 15.4. The number of imidazole rings is 1. The Balaban J connectivity index is 2.42. The zero-order valence-electron chi connectivity index (χ0n) is 12.5. The molecule has 0 fully saturated rings. The van der Waals surface area contributed by atoms with Crippen molar-refractivity contribution in [3.05, 3.63) is 28.2 Å². The van der Waals surface area contributed by atoms with Gasteiger partial charge in [-0.05, 0) is 35.3 Å². The molecule has 0 amide bonds. The largest absolute Gasteiger partial charge is 0.325 e. The highest BCUT2D eigenvalue weighted by atomic mass is 79.9. The van der Waals surface area contributed by atoms with Gasteiger partial charge in [0.15, 0.2) is 0 Å². The van der Waals surface area contributed by atoms with Crippen LogP contribution in [0.5, 0.6) is 0 Å². The fraction of sp³-hybridized carbons (Fsp3) is 0.562. The topological polar surface area (TPSA) is 17.8 Å². The molecule has 2 rings (SSSR count). The highest BCUT2D eigenvalue weighted by Gasteiger charge is 2.17. The number of hydrogen-bond acceptors (Lipinski definition) is 1. The highest BCUT2D eigenvalue weighted by Crippen LogP contribution is 2.29. The molecule has 0 bridgehead atoms. The standard InChI is InChI=1S/C16H21BrClFN2/c1-3-4-5-6-11(2)21-15-10-13(19)12(17)9-14(15)20-16(21)7-8-18/h9-11H,3-8H2,1-2H3. The molecule has 0 saturated heterocycles. The van der Waals surface area contributed by atoms with Crippen LogP contribution in [-0.2, 0) is 6.42 Å². The smallest absolute Gasteiger partial charge is 0.139 e. The molecule has 0 spiro atoms. The first-order chi connectivity index (χ1) is 10.1. The summed E-state index contributed by atoms with van der Waals surface area (Å²) in [6.45, 7) is 4.37.